The molecular weight excluding hydrogens is 284 g/mol. The van der Waals surface area contributed by atoms with Gasteiger partial charge in [-0.1, -0.05) is 0 Å². The van der Waals surface area contributed by atoms with Gasteiger partial charge in [-0.2, -0.15) is 0 Å². The van der Waals surface area contributed by atoms with Gasteiger partial charge in [0.25, 0.3) is 0 Å². The number of ether oxygens (including phenoxy) is 3. The SMILES string of the molecule is CC(=O)O[C@@H]1[C@H](C(C)(C)O)CC[C@@]2(C)O[C@@H]2CC[C@]2(C)O[C@H]12. The summed E-state index contributed by atoms with van der Waals surface area (Å²) in [6.07, 6.45) is 3.26. The summed E-state index contributed by atoms with van der Waals surface area (Å²) in [5, 5.41) is 10.6. The Kier molecular flexibility index (Phi) is 3.63. The molecule has 126 valence electrons. The van der Waals surface area contributed by atoms with Crippen LogP contribution >= 0.6 is 0 Å². The predicted molar refractivity (Wildman–Crippen MR) is 80.4 cm³/mol. The van der Waals surface area contributed by atoms with Gasteiger partial charge in [0.1, 0.15) is 12.2 Å². The van der Waals surface area contributed by atoms with Crippen LogP contribution in [0, 0.1) is 5.92 Å². The first-order chi connectivity index (χ1) is 10.1. The molecule has 2 heterocycles. The van der Waals surface area contributed by atoms with Gasteiger partial charge in [0, 0.05) is 12.8 Å². The van der Waals surface area contributed by atoms with Crippen LogP contribution in [0.15, 0.2) is 0 Å². The lowest BCUT2D eigenvalue weighted by molar-refractivity contribution is -0.157. The Labute approximate surface area is 132 Å². The summed E-state index contributed by atoms with van der Waals surface area (Å²) in [5.74, 6) is -0.482. The molecule has 0 unspecified atom stereocenters. The van der Waals surface area contributed by atoms with Gasteiger partial charge in [-0.25, -0.2) is 0 Å². The first-order valence-corrected chi connectivity index (χ1v) is 8.30. The molecule has 22 heavy (non-hydrogen) atoms. The van der Waals surface area contributed by atoms with E-state index in [1.54, 1.807) is 13.8 Å². The van der Waals surface area contributed by atoms with Crippen molar-refractivity contribution in [3.05, 3.63) is 0 Å². The molecule has 0 bridgehead atoms. The van der Waals surface area contributed by atoms with Crippen molar-refractivity contribution in [3.8, 4) is 0 Å². The second kappa shape index (κ2) is 4.92. The Morgan fingerprint density at radius 1 is 1.18 bits per heavy atom. The van der Waals surface area contributed by atoms with Crippen LogP contribution < -0.4 is 0 Å². The highest BCUT2D eigenvalue weighted by atomic mass is 16.6. The second-order valence-corrected chi connectivity index (χ2v) is 8.18. The lowest BCUT2D eigenvalue weighted by Gasteiger charge is -2.36. The Morgan fingerprint density at radius 3 is 2.41 bits per heavy atom. The molecule has 0 radical (unpaired) electrons. The van der Waals surface area contributed by atoms with Crippen molar-refractivity contribution in [3.63, 3.8) is 0 Å². The van der Waals surface area contributed by atoms with E-state index in [1.165, 1.54) is 6.92 Å². The number of carbonyl (C=O) groups is 1. The number of hydrogen-bond donors (Lipinski definition) is 1. The fourth-order valence-corrected chi connectivity index (χ4v) is 4.07. The van der Waals surface area contributed by atoms with Crippen LogP contribution in [0.3, 0.4) is 0 Å². The lowest BCUT2D eigenvalue weighted by atomic mass is 9.76. The van der Waals surface area contributed by atoms with Gasteiger partial charge in [-0.3, -0.25) is 4.79 Å². The molecule has 0 spiro atoms. The quantitative estimate of drug-likeness (QED) is 0.625. The van der Waals surface area contributed by atoms with Crippen LogP contribution in [0.2, 0.25) is 0 Å². The largest absolute Gasteiger partial charge is 0.459 e. The van der Waals surface area contributed by atoms with Crippen LogP contribution in [0.5, 0.6) is 0 Å². The Hall–Kier alpha value is -0.650. The van der Waals surface area contributed by atoms with Crippen LogP contribution in [-0.2, 0) is 19.0 Å². The second-order valence-electron chi connectivity index (χ2n) is 8.18. The zero-order chi connectivity index (χ0) is 16.3. The van der Waals surface area contributed by atoms with Gasteiger partial charge >= 0.3 is 5.97 Å². The molecule has 3 aliphatic rings. The van der Waals surface area contributed by atoms with E-state index in [1.807, 2.05) is 0 Å². The van der Waals surface area contributed by atoms with Crippen molar-refractivity contribution in [2.45, 2.75) is 95.4 Å². The van der Waals surface area contributed by atoms with Crippen LogP contribution in [0.1, 0.15) is 60.3 Å². The summed E-state index contributed by atoms with van der Waals surface area (Å²) in [6.45, 7) is 9.19. The number of fused-ring (bicyclic) bond motifs is 2. The average Bonchev–Trinajstić information content (AvgIpc) is 3.20. The number of epoxide rings is 2. The van der Waals surface area contributed by atoms with E-state index < -0.39 is 11.7 Å². The molecule has 3 rings (SSSR count). The van der Waals surface area contributed by atoms with Gasteiger partial charge in [0.2, 0.25) is 0 Å². The number of hydrogen-bond acceptors (Lipinski definition) is 5. The minimum atomic E-state index is -0.938. The fourth-order valence-electron chi connectivity index (χ4n) is 4.07. The highest BCUT2D eigenvalue weighted by molar-refractivity contribution is 5.66. The number of esters is 1. The van der Waals surface area contributed by atoms with Crippen LogP contribution in [0.4, 0.5) is 0 Å². The summed E-state index contributed by atoms with van der Waals surface area (Å²) in [5.41, 5.74) is -1.30. The molecule has 2 aliphatic heterocycles. The number of aliphatic hydroxyl groups is 1. The summed E-state index contributed by atoms with van der Waals surface area (Å²) in [7, 11) is 0. The molecule has 6 atom stereocenters. The molecule has 0 amide bonds. The smallest absolute Gasteiger partial charge is 0.303 e. The monoisotopic (exact) mass is 312 g/mol. The minimum absolute atomic E-state index is 0.0949. The van der Waals surface area contributed by atoms with E-state index in [-0.39, 0.29) is 29.2 Å². The van der Waals surface area contributed by atoms with Crippen molar-refractivity contribution >= 4 is 5.97 Å². The normalized spacial score (nSPS) is 47.9. The minimum Gasteiger partial charge on any atom is -0.459 e. The van der Waals surface area contributed by atoms with Crippen molar-refractivity contribution < 1.29 is 24.1 Å². The van der Waals surface area contributed by atoms with Gasteiger partial charge in [0.15, 0.2) is 0 Å². The summed E-state index contributed by atoms with van der Waals surface area (Å²) < 4.78 is 17.4. The summed E-state index contributed by atoms with van der Waals surface area (Å²) >= 11 is 0. The Bertz CT molecular complexity index is 470. The van der Waals surface area contributed by atoms with Crippen LogP contribution in [0.25, 0.3) is 0 Å². The van der Waals surface area contributed by atoms with Crippen molar-refractivity contribution in [1.29, 1.82) is 0 Å². The summed E-state index contributed by atoms with van der Waals surface area (Å²) in [4.78, 5) is 11.6. The van der Waals surface area contributed by atoms with Gasteiger partial charge in [-0.05, 0) is 53.4 Å². The third-order valence-corrected chi connectivity index (χ3v) is 5.74. The molecule has 0 aromatic heterocycles. The molecule has 3 fully saturated rings. The molecule has 5 heteroatoms. The fraction of sp³-hybridized carbons (Fsp3) is 0.941. The standard InChI is InChI=1S/C17H28O5/c1-10(18)20-13-11(15(2,3)19)6-8-16(4)12(21-16)7-9-17(5)14(13)22-17/h11-14,19H,6-9H2,1-5H3/t11-,12-,13-,14-,16-,17+/m1/s1. The Balaban J connectivity index is 1.87. The topological polar surface area (TPSA) is 71.6 Å². The maximum atomic E-state index is 11.6. The van der Waals surface area contributed by atoms with Crippen molar-refractivity contribution in [2.75, 3.05) is 0 Å². The zero-order valence-electron chi connectivity index (χ0n) is 14.2. The molecular formula is C17H28O5. The molecule has 2 saturated heterocycles. The first kappa shape index (κ1) is 16.2. The first-order valence-electron chi connectivity index (χ1n) is 8.30. The molecule has 0 aromatic carbocycles. The van der Waals surface area contributed by atoms with Gasteiger partial charge in [0.05, 0.1) is 22.9 Å². The Morgan fingerprint density at radius 2 is 1.82 bits per heavy atom. The molecule has 5 nitrogen and oxygen atoms in total. The van der Waals surface area contributed by atoms with Gasteiger partial charge < -0.3 is 19.3 Å². The maximum absolute atomic E-state index is 11.6. The number of carbonyl (C=O) groups excluding carboxylic acids is 1. The lowest BCUT2D eigenvalue weighted by Crippen LogP contribution is -2.46. The van der Waals surface area contributed by atoms with Crippen LogP contribution in [-0.4, -0.2) is 46.2 Å². The van der Waals surface area contributed by atoms with Crippen molar-refractivity contribution in [2.24, 2.45) is 5.92 Å². The molecule has 0 aromatic rings. The number of rotatable bonds is 2. The zero-order valence-corrected chi connectivity index (χ0v) is 14.2. The van der Waals surface area contributed by atoms with Crippen molar-refractivity contribution in [1.82, 2.24) is 0 Å². The summed E-state index contributed by atoms with van der Waals surface area (Å²) in [6, 6.07) is 0. The van der Waals surface area contributed by atoms with E-state index in [0.29, 0.717) is 6.10 Å². The van der Waals surface area contributed by atoms with Gasteiger partial charge in [-0.15, -0.1) is 0 Å². The van der Waals surface area contributed by atoms with E-state index in [2.05, 4.69) is 13.8 Å². The van der Waals surface area contributed by atoms with E-state index in [0.717, 1.165) is 25.7 Å². The highest BCUT2D eigenvalue weighted by Gasteiger charge is 2.63. The van der Waals surface area contributed by atoms with E-state index in [4.69, 9.17) is 14.2 Å². The third-order valence-electron chi connectivity index (χ3n) is 5.74. The molecule has 1 N–H and O–H groups in total. The predicted octanol–water partition coefficient (Wildman–Crippen LogP) is 2.19. The maximum Gasteiger partial charge on any atom is 0.303 e. The van der Waals surface area contributed by atoms with E-state index in [9.17, 15) is 9.90 Å². The molecule has 1 aliphatic carbocycles. The average molecular weight is 312 g/mol. The van der Waals surface area contributed by atoms with E-state index >= 15 is 0 Å². The highest BCUT2D eigenvalue weighted by Crippen LogP contribution is 2.53. The molecule has 1 saturated carbocycles. The third kappa shape index (κ3) is 2.91.